The Kier molecular flexibility index (Phi) is 7.11. The van der Waals surface area contributed by atoms with Crippen molar-refractivity contribution in [2.75, 3.05) is 19.6 Å². The van der Waals surface area contributed by atoms with Gasteiger partial charge in [0, 0.05) is 37.2 Å². The van der Waals surface area contributed by atoms with E-state index in [1.165, 1.54) is 24.3 Å². The molecule has 0 aromatic heterocycles. The first-order valence-corrected chi connectivity index (χ1v) is 10.0. The molecule has 1 aliphatic heterocycles. The fourth-order valence-electron chi connectivity index (χ4n) is 3.48. The Hall–Kier alpha value is -3.02. The first-order valence-electron chi connectivity index (χ1n) is 10.0. The molecule has 29 heavy (non-hydrogen) atoms. The molecule has 2 amide bonds. The smallest absolute Gasteiger partial charge is 0.252 e. The molecule has 1 fully saturated rings. The first-order chi connectivity index (χ1) is 14.1. The van der Waals surface area contributed by atoms with Gasteiger partial charge in [0.15, 0.2) is 5.78 Å². The summed E-state index contributed by atoms with van der Waals surface area (Å²) in [5.74, 6) is -0.899. The van der Waals surface area contributed by atoms with Crippen molar-refractivity contribution in [3.8, 4) is 0 Å². The Balaban J connectivity index is 1.59. The Morgan fingerprint density at radius 1 is 0.966 bits per heavy atom. The highest BCUT2D eigenvalue weighted by atomic mass is 19.1. The van der Waals surface area contributed by atoms with Gasteiger partial charge >= 0.3 is 0 Å². The summed E-state index contributed by atoms with van der Waals surface area (Å²) in [6, 6.07) is 11.8. The van der Waals surface area contributed by atoms with Crippen LogP contribution in [0.5, 0.6) is 0 Å². The lowest BCUT2D eigenvalue weighted by atomic mass is 9.98. The van der Waals surface area contributed by atoms with Crippen molar-refractivity contribution in [2.24, 2.45) is 0 Å². The maximum absolute atomic E-state index is 13.1. The van der Waals surface area contributed by atoms with Gasteiger partial charge in [0.25, 0.3) is 5.91 Å². The number of carbonyl (C=O) groups excluding carboxylic acids is 3. The van der Waals surface area contributed by atoms with E-state index >= 15 is 0 Å². The second-order valence-corrected chi connectivity index (χ2v) is 7.18. The van der Waals surface area contributed by atoms with Crippen molar-refractivity contribution in [2.45, 2.75) is 32.1 Å². The van der Waals surface area contributed by atoms with Crippen molar-refractivity contribution in [1.82, 2.24) is 10.2 Å². The number of likely N-dealkylation sites (tertiary alicyclic amines) is 1. The summed E-state index contributed by atoms with van der Waals surface area (Å²) >= 11 is 0. The number of rotatable bonds is 7. The lowest BCUT2D eigenvalue weighted by molar-refractivity contribution is -0.130. The average Bonchev–Trinajstić information content (AvgIpc) is 2.95. The van der Waals surface area contributed by atoms with Crippen LogP contribution >= 0.6 is 0 Å². The third-order valence-corrected chi connectivity index (χ3v) is 5.08. The molecule has 5 nitrogen and oxygen atoms in total. The Labute approximate surface area is 169 Å². The van der Waals surface area contributed by atoms with Crippen molar-refractivity contribution in [3.05, 3.63) is 71.0 Å². The van der Waals surface area contributed by atoms with Gasteiger partial charge in [-0.15, -0.1) is 0 Å². The molecule has 0 aliphatic carbocycles. The van der Waals surface area contributed by atoms with E-state index in [9.17, 15) is 18.8 Å². The number of ketones is 1. The molecule has 1 aliphatic rings. The summed E-state index contributed by atoms with van der Waals surface area (Å²) in [6.45, 7) is 1.82. The van der Waals surface area contributed by atoms with Crippen LogP contribution in [0.15, 0.2) is 48.5 Å². The third-order valence-electron chi connectivity index (χ3n) is 5.08. The molecule has 2 aromatic rings. The van der Waals surface area contributed by atoms with Gasteiger partial charge in [0.05, 0.1) is 5.56 Å². The number of carbonyl (C=O) groups is 3. The fourth-order valence-corrected chi connectivity index (χ4v) is 3.48. The average molecular weight is 396 g/mol. The minimum absolute atomic E-state index is 0.184. The van der Waals surface area contributed by atoms with Crippen LogP contribution in [0.1, 0.15) is 58.4 Å². The molecule has 2 aromatic carbocycles. The van der Waals surface area contributed by atoms with Crippen LogP contribution in [-0.4, -0.2) is 42.1 Å². The number of nitrogens with zero attached hydrogens (tertiary/aromatic N) is 1. The molecule has 1 heterocycles. The van der Waals surface area contributed by atoms with E-state index in [-0.39, 0.29) is 28.7 Å². The van der Waals surface area contributed by atoms with E-state index in [4.69, 9.17) is 0 Å². The Bertz CT molecular complexity index is 880. The molecule has 0 atom stereocenters. The predicted molar refractivity (Wildman–Crippen MR) is 108 cm³/mol. The van der Waals surface area contributed by atoms with E-state index in [0.29, 0.717) is 31.5 Å². The minimum Gasteiger partial charge on any atom is -0.352 e. The van der Waals surface area contributed by atoms with Gasteiger partial charge in [-0.1, -0.05) is 24.6 Å². The van der Waals surface area contributed by atoms with Crippen LogP contribution in [0.4, 0.5) is 4.39 Å². The molecule has 0 bridgehead atoms. The summed E-state index contributed by atoms with van der Waals surface area (Å²) in [7, 11) is 0. The van der Waals surface area contributed by atoms with Gasteiger partial charge in [0.2, 0.25) is 5.91 Å². The van der Waals surface area contributed by atoms with E-state index in [2.05, 4.69) is 5.32 Å². The molecule has 0 unspecified atom stereocenters. The zero-order valence-electron chi connectivity index (χ0n) is 16.3. The number of hydrogen-bond donors (Lipinski definition) is 1. The van der Waals surface area contributed by atoms with Crippen LogP contribution < -0.4 is 5.32 Å². The second kappa shape index (κ2) is 9.96. The van der Waals surface area contributed by atoms with Gasteiger partial charge in [-0.3, -0.25) is 14.4 Å². The largest absolute Gasteiger partial charge is 0.352 e. The molecular weight excluding hydrogens is 371 g/mol. The standard InChI is InChI=1S/C23H25FN2O3/c24-18-12-10-17(11-13-18)22(28)19-7-3-4-8-20(19)23(29)25-14-6-16-26-15-5-1-2-9-21(26)27/h3-4,7-8,10-13H,1-2,5-6,9,14-16H2,(H,25,29). The van der Waals surface area contributed by atoms with Crippen LogP contribution in [-0.2, 0) is 4.79 Å². The molecule has 152 valence electrons. The monoisotopic (exact) mass is 396 g/mol. The van der Waals surface area contributed by atoms with Crippen LogP contribution in [0.25, 0.3) is 0 Å². The normalized spacial score (nSPS) is 14.4. The van der Waals surface area contributed by atoms with E-state index < -0.39 is 5.82 Å². The van der Waals surface area contributed by atoms with Crippen molar-refractivity contribution in [1.29, 1.82) is 0 Å². The molecule has 0 radical (unpaired) electrons. The molecular formula is C23H25FN2O3. The van der Waals surface area contributed by atoms with Crippen molar-refractivity contribution >= 4 is 17.6 Å². The highest BCUT2D eigenvalue weighted by Crippen LogP contribution is 2.16. The number of hydrogen-bond acceptors (Lipinski definition) is 3. The molecule has 1 saturated heterocycles. The molecule has 6 heteroatoms. The molecule has 1 N–H and O–H groups in total. The van der Waals surface area contributed by atoms with E-state index in [1.54, 1.807) is 24.3 Å². The molecule has 0 spiro atoms. The maximum Gasteiger partial charge on any atom is 0.252 e. The quantitative estimate of drug-likeness (QED) is 0.575. The van der Waals surface area contributed by atoms with Crippen LogP contribution in [0, 0.1) is 5.82 Å². The van der Waals surface area contributed by atoms with E-state index in [0.717, 1.165) is 25.8 Å². The van der Waals surface area contributed by atoms with Gasteiger partial charge < -0.3 is 10.2 Å². The van der Waals surface area contributed by atoms with Crippen molar-refractivity contribution in [3.63, 3.8) is 0 Å². The van der Waals surface area contributed by atoms with Crippen LogP contribution in [0.3, 0.4) is 0 Å². The highest BCUT2D eigenvalue weighted by Gasteiger charge is 2.19. The molecule has 0 saturated carbocycles. The van der Waals surface area contributed by atoms with Crippen LogP contribution in [0.2, 0.25) is 0 Å². The van der Waals surface area contributed by atoms with Gasteiger partial charge in [-0.25, -0.2) is 4.39 Å². The number of halogens is 1. The molecule has 3 rings (SSSR count). The summed E-state index contributed by atoms with van der Waals surface area (Å²) in [6.07, 6.45) is 4.32. The zero-order chi connectivity index (χ0) is 20.6. The topological polar surface area (TPSA) is 66.5 Å². The lowest BCUT2D eigenvalue weighted by Crippen LogP contribution is -2.34. The Morgan fingerprint density at radius 3 is 2.45 bits per heavy atom. The minimum atomic E-state index is -0.421. The van der Waals surface area contributed by atoms with Gasteiger partial charge in [-0.2, -0.15) is 0 Å². The third kappa shape index (κ3) is 5.50. The zero-order valence-corrected chi connectivity index (χ0v) is 16.3. The summed E-state index contributed by atoms with van der Waals surface area (Å²) in [5, 5.41) is 2.84. The second-order valence-electron chi connectivity index (χ2n) is 7.18. The number of amides is 2. The lowest BCUT2D eigenvalue weighted by Gasteiger charge is -2.20. The fraction of sp³-hybridized carbons (Fsp3) is 0.348. The summed E-state index contributed by atoms with van der Waals surface area (Å²) in [4.78, 5) is 39.2. The summed E-state index contributed by atoms with van der Waals surface area (Å²) in [5.41, 5.74) is 0.887. The first kappa shape index (κ1) is 20.7. The predicted octanol–water partition coefficient (Wildman–Crippen LogP) is 3.58. The maximum atomic E-state index is 13.1. The van der Waals surface area contributed by atoms with E-state index in [1.807, 2.05) is 4.90 Å². The van der Waals surface area contributed by atoms with Gasteiger partial charge in [-0.05, 0) is 49.6 Å². The number of nitrogens with one attached hydrogen (secondary N) is 1. The summed E-state index contributed by atoms with van der Waals surface area (Å²) < 4.78 is 13.1. The highest BCUT2D eigenvalue weighted by molar-refractivity contribution is 6.15. The Morgan fingerprint density at radius 2 is 1.69 bits per heavy atom. The van der Waals surface area contributed by atoms with Gasteiger partial charge in [0.1, 0.15) is 5.82 Å². The van der Waals surface area contributed by atoms with Crippen molar-refractivity contribution < 1.29 is 18.8 Å². The number of benzene rings is 2. The SMILES string of the molecule is O=C(NCCCN1CCCCCC1=O)c1ccccc1C(=O)c1ccc(F)cc1.